The molecule has 4 heteroatoms. The van der Waals surface area contributed by atoms with Crippen molar-refractivity contribution in [3.05, 3.63) is 28.2 Å². The Morgan fingerprint density at radius 1 is 1.47 bits per heavy atom. The molecule has 1 unspecified atom stereocenters. The second-order valence-electron chi connectivity index (χ2n) is 5.13. The molecule has 106 valence electrons. The molecule has 1 saturated heterocycles. The van der Waals surface area contributed by atoms with Crippen molar-refractivity contribution in [1.29, 1.82) is 0 Å². The van der Waals surface area contributed by atoms with Crippen LogP contribution >= 0.6 is 15.9 Å². The number of ether oxygens (including phenoxy) is 1. The summed E-state index contributed by atoms with van der Waals surface area (Å²) in [5.74, 6) is 0.980. The molecule has 0 saturated carbocycles. The number of halogens is 1. The monoisotopic (exact) mass is 326 g/mol. The van der Waals surface area contributed by atoms with Gasteiger partial charge in [0.2, 0.25) is 0 Å². The van der Waals surface area contributed by atoms with Gasteiger partial charge in [-0.05, 0) is 24.6 Å². The molecule has 3 nitrogen and oxygen atoms in total. The summed E-state index contributed by atoms with van der Waals surface area (Å²) in [6.45, 7) is 6.53. The number of hydrogen-bond donors (Lipinski definition) is 1. The first-order valence-corrected chi connectivity index (χ1v) is 7.80. The van der Waals surface area contributed by atoms with Crippen LogP contribution in [0.1, 0.15) is 25.3 Å². The van der Waals surface area contributed by atoms with E-state index in [0.29, 0.717) is 6.04 Å². The lowest BCUT2D eigenvalue weighted by molar-refractivity contribution is 0.185. The third-order valence-corrected chi connectivity index (χ3v) is 4.11. The van der Waals surface area contributed by atoms with Crippen LogP contribution in [-0.4, -0.2) is 37.7 Å². The zero-order valence-electron chi connectivity index (χ0n) is 11.8. The van der Waals surface area contributed by atoms with E-state index in [2.05, 4.69) is 39.1 Å². The molecular formula is C15H23BrN2O. The van der Waals surface area contributed by atoms with Crippen molar-refractivity contribution in [2.45, 2.75) is 32.4 Å². The lowest BCUT2D eigenvalue weighted by atomic mass is 10.1. The second-order valence-corrected chi connectivity index (χ2v) is 6.05. The maximum absolute atomic E-state index is 5.45. The lowest BCUT2D eigenvalue weighted by Crippen LogP contribution is -2.50. The van der Waals surface area contributed by atoms with Gasteiger partial charge in [-0.2, -0.15) is 0 Å². The Kier molecular flexibility index (Phi) is 5.67. The molecule has 0 spiro atoms. The molecule has 1 aromatic rings. The summed E-state index contributed by atoms with van der Waals surface area (Å²) in [4.78, 5) is 2.52. The molecular weight excluding hydrogens is 304 g/mol. The Balaban J connectivity index is 2.01. The maximum Gasteiger partial charge on any atom is 0.123 e. The fourth-order valence-corrected chi connectivity index (χ4v) is 3.10. The summed E-state index contributed by atoms with van der Waals surface area (Å²) in [5.41, 5.74) is 1.26. The third-order valence-electron chi connectivity index (χ3n) is 3.61. The van der Waals surface area contributed by atoms with Crippen LogP contribution in [0.2, 0.25) is 0 Å². The maximum atomic E-state index is 5.45. The van der Waals surface area contributed by atoms with Crippen molar-refractivity contribution in [2.24, 2.45) is 0 Å². The van der Waals surface area contributed by atoms with Crippen molar-refractivity contribution in [3.8, 4) is 5.75 Å². The zero-order chi connectivity index (χ0) is 13.7. The Labute approximate surface area is 124 Å². The minimum Gasteiger partial charge on any atom is -0.496 e. The van der Waals surface area contributed by atoms with Gasteiger partial charge in [0.05, 0.1) is 7.11 Å². The summed E-state index contributed by atoms with van der Waals surface area (Å²) < 4.78 is 6.57. The average Bonchev–Trinajstić information content (AvgIpc) is 2.40. The highest BCUT2D eigenvalue weighted by Crippen LogP contribution is 2.24. The minimum atomic E-state index is 0.636. The van der Waals surface area contributed by atoms with Crippen molar-refractivity contribution in [1.82, 2.24) is 10.2 Å². The van der Waals surface area contributed by atoms with Crippen molar-refractivity contribution >= 4 is 15.9 Å². The van der Waals surface area contributed by atoms with Gasteiger partial charge in [-0.3, -0.25) is 4.90 Å². The molecule has 0 radical (unpaired) electrons. The van der Waals surface area contributed by atoms with Gasteiger partial charge < -0.3 is 10.1 Å². The molecule has 0 bridgehead atoms. The molecule has 1 fully saturated rings. The van der Waals surface area contributed by atoms with Gasteiger partial charge in [0, 0.05) is 42.3 Å². The van der Waals surface area contributed by atoms with Crippen LogP contribution in [0.4, 0.5) is 0 Å². The molecule has 0 aromatic heterocycles. The Bertz CT molecular complexity index is 409. The Morgan fingerprint density at radius 3 is 3.05 bits per heavy atom. The van der Waals surface area contributed by atoms with Gasteiger partial charge in [0.25, 0.3) is 0 Å². The SMILES string of the molecule is CCCC1CN(Cc2cc(Br)ccc2OC)CCN1. The van der Waals surface area contributed by atoms with E-state index in [-0.39, 0.29) is 0 Å². The number of piperazine rings is 1. The average molecular weight is 327 g/mol. The number of benzene rings is 1. The van der Waals surface area contributed by atoms with Crippen LogP contribution in [0.5, 0.6) is 5.75 Å². The van der Waals surface area contributed by atoms with E-state index in [0.717, 1.165) is 36.4 Å². The van der Waals surface area contributed by atoms with Crippen molar-refractivity contribution in [2.75, 3.05) is 26.7 Å². The number of rotatable bonds is 5. The highest BCUT2D eigenvalue weighted by atomic mass is 79.9. The molecule has 0 amide bonds. The van der Waals surface area contributed by atoms with E-state index in [1.807, 2.05) is 12.1 Å². The van der Waals surface area contributed by atoms with Crippen molar-refractivity contribution < 1.29 is 4.74 Å². The molecule has 1 aliphatic rings. The van der Waals surface area contributed by atoms with Crippen molar-refractivity contribution in [3.63, 3.8) is 0 Å². The zero-order valence-corrected chi connectivity index (χ0v) is 13.4. The van der Waals surface area contributed by atoms with Gasteiger partial charge in [-0.15, -0.1) is 0 Å². The van der Waals surface area contributed by atoms with Crippen LogP contribution in [0.25, 0.3) is 0 Å². The lowest BCUT2D eigenvalue weighted by Gasteiger charge is -2.34. The first-order valence-electron chi connectivity index (χ1n) is 7.01. The first kappa shape index (κ1) is 14.8. The number of nitrogens with zero attached hydrogens (tertiary/aromatic N) is 1. The Morgan fingerprint density at radius 2 is 2.32 bits per heavy atom. The Hall–Kier alpha value is -0.580. The summed E-state index contributed by atoms with van der Waals surface area (Å²) in [6, 6.07) is 6.86. The van der Waals surface area contributed by atoms with Gasteiger partial charge in [0.15, 0.2) is 0 Å². The summed E-state index contributed by atoms with van der Waals surface area (Å²) in [5, 5.41) is 3.59. The minimum absolute atomic E-state index is 0.636. The smallest absolute Gasteiger partial charge is 0.123 e. The number of hydrogen-bond acceptors (Lipinski definition) is 3. The summed E-state index contributed by atoms with van der Waals surface area (Å²) in [6.07, 6.45) is 2.50. The van der Waals surface area contributed by atoms with E-state index in [4.69, 9.17) is 4.74 Å². The summed E-state index contributed by atoms with van der Waals surface area (Å²) >= 11 is 3.54. The highest BCUT2D eigenvalue weighted by molar-refractivity contribution is 9.10. The van der Waals surface area contributed by atoms with Gasteiger partial charge in [0.1, 0.15) is 5.75 Å². The quantitative estimate of drug-likeness (QED) is 0.900. The second kappa shape index (κ2) is 7.27. The number of nitrogens with one attached hydrogen (secondary N) is 1. The van der Waals surface area contributed by atoms with Crippen LogP contribution in [0.3, 0.4) is 0 Å². The standard InChI is InChI=1S/C15H23BrN2O/c1-3-4-14-11-18(8-7-17-14)10-12-9-13(16)5-6-15(12)19-2/h5-6,9,14,17H,3-4,7-8,10-11H2,1-2H3. The van der Waals surface area contributed by atoms with Crippen LogP contribution in [0, 0.1) is 0 Å². The predicted molar refractivity (Wildman–Crippen MR) is 82.7 cm³/mol. The molecule has 19 heavy (non-hydrogen) atoms. The molecule has 2 rings (SSSR count). The molecule has 1 aromatic carbocycles. The molecule has 0 aliphatic carbocycles. The topological polar surface area (TPSA) is 24.5 Å². The van der Waals surface area contributed by atoms with Crippen LogP contribution in [-0.2, 0) is 6.54 Å². The van der Waals surface area contributed by atoms with Gasteiger partial charge in [-0.25, -0.2) is 0 Å². The van der Waals surface area contributed by atoms with E-state index in [1.165, 1.54) is 18.4 Å². The summed E-state index contributed by atoms with van der Waals surface area (Å²) in [7, 11) is 1.74. The highest BCUT2D eigenvalue weighted by Gasteiger charge is 2.19. The van der Waals surface area contributed by atoms with Gasteiger partial charge >= 0.3 is 0 Å². The first-order chi connectivity index (χ1) is 9.22. The van der Waals surface area contributed by atoms with Crippen LogP contribution < -0.4 is 10.1 Å². The van der Waals surface area contributed by atoms with E-state index < -0.39 is 0 Å². The number of methoxy groups -OCH3 is 1. The van der Waals surface area contributed by atoms with Gasteiger partial charge in [-0.1, -0.05) is 29.3 Å². The normalized spacial score (nSPS) is 20.5. The largest absolute Gasteiger partial charge is 0.496 e. The van der Waals surface area contributed by atoms with E-state index in [9.17, 15) is 0 Å². The molecule has 1 aliphatic heterocycles. The fourth-order valence-electron chi connectivity index (χ4n) is 2.69. The third kappa shape index (κ3) is 4.20. The molecule has 1 atom stereocenters. The van der Waals surface area contributed by atoms with E-state index in [1.54, 1.807) is 7.11 Å². The fraction of sp³-hybridized carbons (Fsp3) is 0.600. The molecule has 1 heterocycles. The predicted octanol–water partition coefficient (Wildman–Crippen LogP) is 3.03. The van der Waals surface area contributed by atoms with Crippen LogP contribution in [0.15, 0.2) is 22.7 Å². The van der Waals surface area contributed by atoms with E-state index >= 15 is 0 Å². The molecule has 1 N–H and O–H groups in total.